The van der Waals surface area contributed by atoms with E-state index in [0.717, 1.165) is 3.51 Å². The van der Waals surface area contributed by atoms with Gasteiger partial charge in [-0.1, -0.05) is 20.3 Å². The van der Waals surface area contributed by atoms with Crippen LogP contribution in [0.1, 0.15) is 41.0 Å². The molecule has 0 aliphatic carbocycles. The number of nitrogens with zero attached hydrogens (tertiary/aromatic N) is 1. The first-order chi connectivity index (χ1) is 5.10. The van der Waals surface area contributed by atoms with Crippen LogP contribution in [0.3, 0.4) is 0 Å². The van der Waals surface area contributed by atoms with E-state index in [9.17, 15) is 0 Å². The maximum Gasteiger partial charge on any atom is 0.227 e. The van der Waals surface area contributed by atoms with E-state index in [0.29, 0.717) is 0 Å². The lowest BCUT2D eigenvalue weighted by Crippen LogP contribution is -2.36. The fourth-order valence-electron chi connectivity index (χ4n) is 0.671. The minimum atomic E-state index is 1.02. The van der Waals surface area contributed by atoms with Crippen LogP contribution in [0.5, 0.6) is 0 Å². The Morgan fingerprint density at radius 3 is 1.00 bits per heavy atom. The van der Waals surface area contributed by atoms with Crippen molar-refractivity contribution in [3.8, 4) is 0 Å². The number of halogens is 1. The topological polar surface area (TPSA) is 0 Å². The van der Waals surface area contributed by atoms with E-state index in [4.69, 9.17) is 0 Å². The van der Waals surface area contributed by atoms with E-state index in [-0.39, 0.29) is 0 Å². The summed E-state index contributed by atoms with van der Waals surface area (Å²) in [5, 5.41) is 0. The zero-order chi connectivity index (χ0) is 9.33. The predicted octanol–water partition coefficient (Wildman–Crippen LogP) is 3.59. The van der Waals surface area contributed by atoms with Crippen LogP contribution in [0.4, 0.5) is 0 Å². The smallest absolute Gasteiger partial charge is 0.227 e. The Hall–Kier alpha value is 0.440. The lowest BCUT2D eigenvalue weighted by Gasteiger charge is -2.25. The molecule has 0 aromatic rings. The fourth-order valence-corrected chi connectivity index (χ4v) is 0.671. The zero-order valence-electron chi connectivity index (χ0n) is 8.65. The van der Waals surface area contributed by atoms with Gasteiger partial charge in [0.25, 0.3) is 0 Å². The number of quaternary nitrogens is 1. The van der Waals surface area contributed by atoms with Crippen molar-refractivity contribution in [2.75, 3.05) is 19.6 Å². The van der Waals surface area contributed by atoms with Gasteiger partial charge >= 0.3 is 0 Å². The average Bonchev–Trinajstić information content (AvgIpc) is 2.05. The normalized spacial score (nSPS) is 10.4. The SMILES string of the molecule is CCC.CC[N+](Br)(CC)CC. The monoisotopic (exact) mass is 224 g/mol. The first-order valence-corrected chi connectivity index (χ1v) is 5.36. The Bertz CT molecular complexity index is 61.7. The summed E-state index contributed by atoms with van der Waals surface area (Å²) in [5.41, 5.74) is 0. The molecule has 0 radical (unpaired) electrons. The van der Waals surface area contributed by atoms with Crippen molar-refractivity contribution in [2.24, 2.45) is 0 Å². The van der Waals surface area contributed by atoms with Crippen molar-refractivity contribution in [1.82, 2.24) is 0 Å². The summed E-state index contributed by atoms with van der Waals surface area (Å²) in [4.78, 5) is 0. The summed E-state index contributed by atoms with van der Waals surface area (Å²) in [6.45, 7) is 14.4. The van der Waals surface area contributed by atoms with E-state index in [2.05, 4.69) is 50.8 Å². The van der Waals surface area contributed by atoms with E-state index >= 15 is 0 Å². The second-order valence-corrected chi connectivity index (χ2v) is 4.19. The largest absolute Gasteiger partial charge is 0.257 e. The molecule has 1 nitrogen and oxygen atoms in total. The molecule has 0 rings (SSSR count). The van der Waals surface area contributed by atoms with Crippen LogP contribution in [0.25, 0.3) is 0 Å². The molecule has 0 aromatic heterocycles. The summed E-state index contributed by atoms with van der Waals surface area (Å²) >= 11 is 3.62. The summed E-state index contributed by atoms with van der Waals surface area (Å²) < 4.78 is 1.02. The molecule has 0 aliphatic heterocycles. The number of hydrogen-bond acceptors (Lipinski definition) is 0. The van der Waals surface area contributed by atoms with Gasteiger partial charge in [-0.05, 0) is 20.8 Å². The van der Waals surface area contributed by atoms with Crippen LogP contribution in [0, 0.1) is 0 Å². The highest BCUT2D eigenvalue weighted by molar-refractivity contribution is 9.05. The molecule has 0 saturated carbocycles. The first kappa shape index (κ1) is 14.0. The second kappa shape index (κ2) is 8.54. The zero-order valence-corrected chi connectivity index (χ0v) is 10.2. The Balaban J connectivity index is 0. The van der Waals surface area contributed by atoms with Crippen molar-refractivity contribution in [3.63, 3.8) is 0 Å². The summed E-state index contributed by atoms with van der Waals surface area (Å²) in [7, 11) is 0. The molecule has 2 heteroatoms. The van der Waals surface area contributed by atoms with Gasteiger partial charge in [0.1, 0.15) is 0 Å². The molecule has 0 unspecified atom stereocenters. The molecule has 0 aromatic carbocycles. The molecule has 0 saturated heterocycles. The van der Waals surface area contributed by atoms with E-state index in [1.807, 2.05) is 0 Å². The van der Waals surface area contributed by atoms with Crippen molar-refractivity contribution in [1.29, 1.82) is 0 Å². The quantitative estimate of drug-likeness (QED) is 0.644. The molecule has 0 aliphatic rings. The minimum Gasteiger partial charge on any atom is -0.257 e. The van der Waals surface area contributed by atoms with Crippen molar-refractivity contribution < 1.29 is 3.51 Å². The molecular weight excluding hydrogens is 202 g/mol. The first-order valence-electron chi connectivity index (χ1n) is 4.65. The average molecular weight is 225 g/mol. The molecule has 0 N–H and O–H groups in total. The lowest BCUT2D eigenvalue weighted by molar-refractivity contribution is -0.773. The Morgan fingerprint density at radius 1 is 0.818 bits per heavy atom. The van der Waals surface area contributed by atoms with E-state index in [1.165, 1.54) is 26.1 Å². The van der Waals surface area contributed by atoms with Gasteiger partial charge in [-0.25, -0.2) is 0 Å². The standard InChI is InChI=1S/C6H15BrN.C3H8/c1-4-8(7,5-2)6-3;1-3-2/h4-6H2,1-3H3;3H2,1-2H3/q+1;. The van der Waals surface area contributed by atoms with Crippen LogP contribution >= 0.6 is 16.1 Å². The lowest BCUT2D eigenvalue weighted by atomic mass is 10.5. The molecule has 70 valence electrons. The third kappa shape index (κ3) is 8.35. The predicted molar refractivity (Wildman–Crippen MR) is 56.8 cm³/mol. The van der Waals surface area contributed by atoms with E-state index < -0.39 is 0 Å². The summed E-state index contributed by atoms with van der Waals surface area (Å²) in [5.74, 6) is 0. The van der Waals surface area contributed by atoms with Gasteiger partial charge in [-0.15, -0.1) is 0 Å². The fraction of sp³-hybridized carbons (Fsp3) is 1.00. The van der Waals surface area contributed by atoms with Crippen LogP contribution < -0.4 is 0 Å². The van der Waals surface area contributed by atoms with Crippen LogP contribution in [0.15, 0.2) is 0 Å². The highest BCUT2D eigenvalue weighted by Crippen LogP contribution is 2.11. The van der Waals surface area contributed by atoms with Crippen LogP contribution in [-0.2, 0) is 0 Å². The molecule has 0 amide bonds. The van der Waals surface area contributed by atoms with Crippen molar-refractivity contribution in [3.05, 3.63) is 0 Å². The van der Waals surface area contributed by atoms with Gasteiger partial charge in [0.2, 0.25) is 16.1 Å². The third-order valence-corrected chi connectivity index (χ3v) is 3.20. The molecular formula is C9H23BrN+. The molecule has 0 heterocycles. The Labute approximate surface area is 80.7 Å². The van der Waals surface area contributed by atoms with Crippen LogP contribution in [0.2, 0.25) is 0 Å². The summed E-state index contributed by atoms with van der Waals surface area (Å²) in [6.07, 6.45) is 1.25. The highest BCUT2D eigenvalue weighted by Gasteiger charge is 2.15. The molecule has 11 heavy (non-hydrogen) atoms. The molecule has 0 bridgehead atoms. The Morgan fingerprint density at radius 2 is 1.00 bits per heavy atom. The second-order valence-electron chi connectivity index (χ2n) is 2.69. The summed E-state index contributed by atoms with van der Waals surface area (Å²) in [6, 6.07) is 0. The van der Waals surface area contributed by atoms with Gasteiger partial charge < -0.3 is 0 Å². The molecule has 0 atom stereocenters. The maximum absolute atomic E-state index is 3.62. The molecule has 0 spiro atoms. The number of rotatable bonds is 3. The number of hydrogen-bond donors (Lipinski definition) is 0. The van der Waals surface area contributed by atoms with E-state index in [1.54, 1.807) is 0 Å². The van der Waals surface area contributed by atoms with Gasteiger partial charge in [0.15, 0.2) is 0 Å². The van der Waals surface area contributed by atoms with Crippen molar-refractivity contribution in [2.45, 2.75) is 41.0 Å². The van der Waals surface area contributed by atoms with Gasteiger partial charge in [-0.2, -0.15) is 0 Å². The Kier molecular flexibility index (Phi) is 10.9. The third-order valence-electron chi connectivity index (χ3n) is 1.70. The highest BCUT2D eigenvalue weighted by atomic mass is 79.9. The van der Waals surface area contributed by atoms with Gasteiger partial charge in [0, 0.05) is 0 Å². The minimum absolute atomic E-state index is 1.02. The van der Waals surface area contributed by atoms with Crippen LogP contribution in [-0.4, -0.2) is 23.1 Å². The van der Waals surface area contributed by atoms with Crippen molar-refractivity contribution >= 4 is 16.1 Å². The molecule has 0 fully saturated rings. The maximum atomic E-state index is 3.62. The van der Waals surface area contributed by atoms with Gasteiger partial charge in [-0.3, -0.25) is 3.51 Å². The van der Waals surface area contributed by atoms with Gasteiger partial charge in [0.05, 0.1) is 19.6 Å².